The van der Waals surface area contributed by atoms with Gasteiger partial charge in [-0.15, -0.1) is 0 Å². The Morgan fingerprint density at radius 2 is 1.18 bits per heavy atom. The summed E-state index contributed by atoms with van der Waals surface area (Å²) in [6.07, 6.45) is 0. The van der Waals surface area contributed by atoms with E-state index in [-0.39, 0.29) is 19.8 Å². The lowest BCUT2D eigenvalue weighted by molar-refractivity contribution is -0.136. The minimum atomic E-state index is -1.31. The Bertz CT molecular complexity index is 241. The van der Waals surface area contributed by atoms with E-state index in [4.69, 9.17) is 35.7 Å². The maximum Gasteiger partial charge on any atom is 0.317 e. The standard InChI is InChI=1S/C6H13NO5.C6H15NO3/c8-2-6(3-9,4-10)7-1-5(11)12;8-4-1-7(2-5-9)3-6-10/h7-10H,1-4H2,(H,11,12);8-10H,1-6H2. The van der Waals surface area contributed by atoms with Crippen molar-refractivity contribution in [2.45, 2.75) is 5.54 Å². The van der Waals surface area contributed by atoms with Gasteiger partial charge in [0.15, 0.2) is 0 Å². The van der Waals surface area contributed by atoms with E-state index in [1.165, 1.54) is 0 Å². The molecule has 0 unspecified atom stereocenters. The van der Waals surface area contributed by atoms with Crippen LogP contribution in [-0.2, 0) is 4.79 Å². The van der Waals surface area contributed by atoms with Crippen LogP contribution in [0, 0.1) is 0 Å². The average molecular weight is 328 g/mol. The number of aliphatic hydroxyl groups excluding tert-OH is 6. The molecule has 22 heavy (non-hydrogen) atoms. The molecule has 0 spiro atoms. The van der Waals surface area contributed by atoms with E-state index >= 15 is 0 Å². The summed E-state index contributed by atoms with van der Waals surface area (Å²) in [4.78, 5) is 11.9. The van der Waals surface area contributed by atoms with E-state index in [1.54, 1.807) is 4.90 Å². The van der Waals surface area contributed by atoms with E-state index in [0.717, 1.165) is 0 Å². The molecule has 0 aromatic rings. The van der Waals surface area contributed by atoms with Gasteiger partial charge in [-0.25, -0.2) is 0 Å². The smallest absolute Gasteiger partial charge is 0.317 e. The third-order valence-corrected chi connectivity index (χ3v) is 2.77. The summed E-state index contributed by atoms with van der Waals surface area (Å²) in [7, 11) is 0. The maximum atomic E-state index is 10.1. The van der Waals surface area contributed by atoms with Crippen molar-refractivity contribution >= 4 is 5.97 Å². The molecule has 134 valence electrons. The first-order valence-corrected chi connectivity index (χ1v) is 6.79. The minimum absolute atomic E-state index is 0.0694. The van der Waals surface area contributed by atoms with Gasteiger partial charge in [0.05, 0.1) is 51.7 Å². The number of aliphatic carboxylic acids is 1. The summed E-state index contributed by atoms with van der Waals surface area (Å²) in [6.45, 7) is -0.223. The normalized spacial score (nSPS) is 11.2. The summed E-state index contributed by atoms with van der Waals surface area (Å²) >= 11 is 0. The lowest BCUT2D eigenvalue weighted by atomic mass is 10.0. The Balaban J connectivity index is 0. The number of hydrogen-bond donors (Lipinski definition) is 8. The largest absolute Gasteiger partial charge is 0.480 e. The van der Waals surface area contributed by atoms with E-state index in [9.17, 15) is 4.79 Å². The van der Waals surface area contributed by atoms with Crippen molar-refractivity contribution in [3.8, 4) is 0 Å². The lowest BCUT2D eigenvalue weighted by Gasteiger charge is -2.27. The first-order valence-electron chi connectivity index (χ1n) is 6.79. The molecule has 0 heterocycles. The summed E-state index contributed by atoms with van der Waals surface area (Å²) in [6, 6.07) is 0. The zero-order valence-corrected chi connectivity index (χ0v) is 12.6. The topological polar surface area (TPSA) is 174 Å². The van der Waals surface area contributed by atoms with Gasteiger partial charge < -0.3 is 35.7 Å². The van der Waals surface area contributed by atoms with Crippen LogP contribution in [0.4, 0.5) is 0 Å². The Morgan fingerprint density at radius 3 is 1.41 bits per heavy atom. The number of nitrogens with zero attached hydrogens (tertiary/aromatic N) is 1. The number of aliphatic hydroxyl groups is 6. The van der Waals surface area contributed by atoms with Crippen LogP contribution in [0.2, 0.25) is 0 Å². The summed E-state index contributed by atoms with van der Waals surface area (Å²) in [5.41, 5.74) is -1.31. The van der Waals surface area contributed by atoms with Crippen LogP contribution in [0.15, 0.2) is 0 Å². The third-order valence-electron chi connectivity index (χ3n) is 2.77. The molecule has 0 atom stereocenters. The summed E-state index contributed by atoms with van der Waals surface area (Å²) in [5, 5.41) is 62.2. The van der Waals surface area contributed by atoms with Crippen LogP contribution in [0.5, 0.6) is 0 Å². The zero-order valence-electron chi connectivity index (χ0n) is 12.6. The summed E-state index contributed by atoms with van der Waals surface area (Å²) in [5.74, 6) is -1.12. The van der Waals surface area contributed by atoms with Gasteiger partial charge in [-0.3, -0.25) is 15.0 Å². The van der Waals surface area contributed by atoms with Crippen molar-refractivity contribution in [2.75, 3.05) is 65.8 Å². The van der Waals surface area contributed by atoms with Gasteiger partial charge in [0.2, 0.25) is 0 Å². The van der Waals surface area contributed by atoms with Crippen molar-refractivity contribution in [2.24, 2.45) is 0 Å². The predicted molar refractivity (Wildman–Crippen MR) is 77.3 cm³/mol. The fraction of sp³-hybridized carbons (Fsp3) is 0.917. The Kier molecular flexibility index (Phi) is 16.0. The predicted octanol–water partition coefficient (Wildman–Crippen LogP) is -4.36. The van der Waals surface area contributed by atoms with Crippen molar-refractivity contribution in [1.82, 2.24) is 10.2 Å². The molecular formula is C12H28N2O8. The van der Waals surface area contributed by atoms with E-state index < -0.39 is 37.9 Å². The van der Waals surface area contributed by atoms with Gasteiger partial charge in [-0.05, 0) is 0 Å². The SMILES string of the molecule is O=C(O)CNC(CO)(CO)CO.OCCN(CCO)CCO. The second-order valence-electron chi connectivity index (χ2n) is 4.51. The number of carboxylic acid groups (broad SMARTS) is 1. The molecular weight excluding hydrogens is 300 g/mol. The zero-order chi connectivity index (χ0) is 17.4. The minimum Gasteiger partial charge on any atom is -0.480 e. The van der Waals surface area contributed by atoms with Crippen molar-refractivity contribution in [3.63, 3.8) is 0 Å². The maximum absolute atomic E-state index is 10.1. The molecule has 0 amide bonds. The number of nitrogens with one attached hydrogen (secondary N) is 1. The van der Waals surface area contributed by atoms with Crippen LogP contribution in [-0.4, -0.2) is 118 Å². The van der Waals surface area contributed by atoms with E-state index in [1.807, 2.05) is 0 Å². The average Bonchev–Trinajstić information content (AvgIpc) is 2.50. The molecule has 0 aliphatic carbocycles. The fourth-order valence-electron chi connectivity index (χ4n) is 1.34. The number of rotatable bonds is 12. The highest BCUT2D eigenvalue weighted by Crippen LogP contribution is 2.00. The fourth-order valence-corrected chi connectivity index (χ4v) is 1.34. The molecule has 0 fully saturated rings. The Labute approximate surface area is 129 Å². The Morgan fingerprint density at radius 1 is 0.818 bits per heavy atom. The summed E-state index contributed by atoms with van der Waals surface area (Å²) < 4.78 is 0. The van der Waals surface area contributed by atoms with Crippen molar-refractivity contribution in [1.29, 1.82) is 0 Å². The molecule has 10 nitrogen and oxygen atoms in total. The molecule has 0 bridgehead atoms. The molecule has 8 N–H and O–H groups in total. The molecule has 0 aromatic heterocycles. The molecule has 10 heteroatoms. The van der Waals surface area contributed by atoms with Gasteiger partial charge in [0.1, 0.15) is 0 Å². The highest BCUT2D eigenvalue weighted by Gasteiger charge is 2.27. The van der Waals surface area contributed by atoms with Crippen molar-refractivity contribution in [3.05, 3.63) is 0 Å². The lowest BCUT2D eigenvalue weighted by Crippen LogP contribution is -2.56. The molecule has 0 saturated heterocycles. The first-order chi connectivity index (χ1) is 10.4. The van der Waals surface area contributed by atoms with Crippen LogP contribution < -0.4 is 5.32 Å². The van der Waals surface area contributed by atoms with Crippen LogP contribution >= 0.6 is 0 Å². The second kappa shape index (κ2) is 15.1. The van der Waals surface area contributed by atoms with Gasteiger partial charge in [0.25, 0.3) is 0 Å². The van der Waals surface area contributed by atoms with Gasteiger partial charge in [-0.2, -0.15) is 0 Å². The van der Waals surface area contributed by atoms with Gasteiger partial charge in [0, 0.05) is 19.6 Å². The molecule has 0 aliphatic heterocycles. The van der Waals surface area contributed by atoms with Gasteiger partial charge >= 0.3 is 5.97 Å². The second-order valence-corrected chi connectivity index (χ2v) is 4.51. The molecule has 0 saturated carbocycles. The quantitative estimate of drug-likeness (QED) is 0.175. The molecule has 0 rings (SSSR count). The van der Waals surface area contributed by atoms with E-state index in [2.05, 4.69) is 5.32 Å². The Hall–Kier alpha value is -0.850. The third kappa shape index (κ3) is 11.8. The molecule has 0 aromatic carbocycles. The highest BCUT2D eigenvalue weighted by atomic mass is 16.4. The van der Waals surface area contributed by atoms with Crippen LogP contribution in [0.3, 0.4) is 0 Å². The number of carbonyl (C=O) groups is 1. The van der Waals surface area contributed by atoms with E-state index in [0.29, 0.717) is 19.6 Å². The van der Waals surface area contributed by atoms with Crippen molar-refractivity contribution < 1.29 is 40.5 Å². The van der Waals surface area contributed by atoms with Crippen LogP contribution in [0.25, 0.3) is 0 Å². The molecule has 0 radical (unpaired) electrons. The monoisotopic (exact) mass is 328 g/mol. The first kappa shape index (κ1) is 23.4. The van der Waals surface area contributed by atoms with Crippen LogP contribution in [0.1, 0.15) is 0 Å². The number of hydrogen-bond acceptors (Lipinski definition) is 9. The number of carboxylic acids is 1. The van der Waals surface area contributed by atoms with Gasteiger partial charge in [-0.1, -0.05) is 0 Å². The molecule has 0 aliphatic rings. The highest BCUT2D eigenvalue weighted by molar-refractivity contribution is 5.69.